The van der Waals surface area contributed by atoms with Gasteiger partial charge in [0.15, 0.2) is 9.84 Å². The average molecular weight is 257 g/mol. The van der Waals surface area contributed by atoms with Gasteiger partial charge in [0.25, 0.3) is 0 Å². The van der Waals surface area contributed by atoms with Crippen molar-refractivity contribution in [2.24, 2.45) is 0 Å². The van der Waals surface area contributed by atoms with Gasteiger partial charge in [0.2, 0.25) is 0 Å². The van der Waals surface area contributed by atoms with Gasteiger partial charge in [-0.15, -0.1) is 0 Å². The largest absolute Gasteiger partial charge is 0.373 e. The molecule has 0 spiro atoms. The van der Waals surface area contributed by atoms with Gasteiger partial charge in [-0.05, 0) is 0 Å². The fourth-order valence-electron chi connectivity index (χ4n) is 1.31. The van der Waals surface area contributed by atoms with Crippen LogP contribution in [0, 0.1) is 0 Å². The molecule has 1 aromatic heterocycles. The van der Waals surface area contributed by atoms with Gasteiger partial charge in [-0.3, -0.25) is 0 Å². The Morgan fingerprint density at radius 2 is 1.88 bits per heavy atom. The molecule has 0 amide bonds. The maximum atomic E-state index is 11.3. The lowest BCUT2D eigenvalue weighted by atomic mass is 9.92. The molecule has 0 aliphatic heterocycles. The third-order valence-corrected chi connectivity index (χ3v) is 2.97. The minimum atomic E-state index is -3.12. The zero-order chi connectivity index (χ0) is 13.3. The van der Waals surface area contributed by atoms with Crippen molar-refractivity contribution in [1.29, 1.82) is 0 Å². The highest BCUT2D eigenvalue weighted by Gasteiger charge is 2.19. The van der Waals surface area contributed by atoms with E-state index in [4.69, 9.17) is 0 Å². The number of sulfone groups is 1. The summed E-state index contributed by atoms with van der Waals surface area (Å²) in [5, 5.41) is 2.92. The molecule has 0 fully saturated rings. The van der Waals surface area contributed by atoms with E-state index in [-0.39, 0.29) is 11.2 Å². The van der Waals surface area contributed by atoms with Crippen LogP contribution in [0.3, 0.4) is 0 Å². The van der Waals surface area contributed by atoms with E-state index in [1.807, 2.05) is 26.8 Å². The Labute approximate surface area is 103 Å². The van der Waals surface area contributed by atoms with Gasteiger partial charge in [0.05, 0.1) is 5.69 Å². The molecule has 0 atom stereocenters. The lowest BCUT2D eigenvalue weighted by Gasteiger charge is -2.19. The molecular weight excluding hydrogens is 238 g/mol. The van der Waals surface area contributed by atoms with Gasteiger partial charge in [-0.2, -0.15) is 0 Å². The monoisotopic (exact) mass is 257 g/mol. The van der Waals surface area contributed by atoms with E-state index in [0.717, 1.165) is 5.69 Å². The van der Waals surface area contributed by atoms with Crippen molar-refractivity contribution in [3.05, 3.63) is 17.6 Å². The maximum Gasteiger partial charge on any atom is 0.154 e. The Morgan fingerprint density at radius 3 is 2.29 bits per heavy atom. The smallest absolute Gasteiger partial charge is 0.154 e. The Morgan fingerprint density at radius 1 is 1.29 bits per heavy atom. The van der Waals surface area contributed by atoms with Crippen LogP contribution in [0.5, 0.6) is 0 Å². The number of nitrogens with zero attached hydrogens (tertiary/aromatic N) is 2. The zero-order valence-corrected chi connectivity index (χ0v) is 11.7. The standard InChI is InChI=1S/C11H19N3O2S/c1-11(2,3)8-6-9(12-4)14-10(13-8)7-17(5,15)16/h6H,7H2,1-5H3,(H,12,13,14). The first-order valence-corrected chi connectivity index (χ1v) is 7.42. The van der Waals surface area contributed by atoms with Gasteiger partial charge in [0, 0.05) is 24.8 Å². The molecule has 1 heterocycles. The summed E-state index contributed by atoms with van der Waals surface area (Å²) < 4.78 is 22.5. The Kier molecular flexibility index (Phi) is 3.76. The Hall–Kier alpha value is -1.17. The summed E-state index contributed by atoms with van der Waals surface area (Å²) >= 11 is 0. The summed E-state index contributed by atoms with van der Waals surface area (Å²) in [5.41, 5.74) is 0.691. The van der Waals surface area contributed by atoms with E-state index < -0.39 is 9.84 Å². The predicted octanol–water partition coefficient (Wildman–Crippen LogP) is 1.36. The number of anilines is 1. The van der Waals surface area contributed by atoms with Crippen molar-refractivity contribution in [2.45, 2.75) is 31.9 Å². The SMILES string of the molecule is CNc1cc(C(C)(C)C)nc(CS(C)(=O)=O)n1. The summed E-state index contributed by atoms with van der Waals surface area (Å²) in [6.07, 6.45) is 1.18. The molecule has 1 rings (SSSR count). The molecular formula is C11H19N3O2S. The van der Waals surface area contributed by atoms with Crippen molar-refractivity contribution in [3.8, 4) is 0 Å². The molecule has 0 aromatic carbocycles. The van der Waals surface area contributed by atoms with Gasteiger partial charge in [-0.1, -0.05) is 20.8 Å². The van der Waals surface area contributed by atoms with E-state index in [9.17, 15) is 8.42 Å². The number of aromatic nitrogens is 2. The number of nitrogens with one attached hydrogen (secondary N) is 1. The normalized spacial score (nSPS) is 12.5. The molecule has 0 aliphatic carbocycles. The Bertz CT molecular complexity index is 504. The molecule has 17 heavy (non-hydrogen) atoms. The van der Waals surface area contributed by atoms with Gasteiger partial charge in [-0.25, -0.2) is 18.4 Å². The molecule has 96 valence electrons. The fraction of sp³-hybridized carbons (Fsp3) is 0.636. The molecule has 0 saturated carbocycles. The molecule has 0 aliphatic rings. The van der Waals surface area contributed by atoms with Crippen molar-refractivity contribution in [1.82, 2.24) is 9.97 Å². The third kappa shape index (κ3) is 4.30. The van der Waals surface area contributed by atoms with Crippen molar-refractivity contribution >= 4 is 15.7 Å². The molecule has 1 N–H and O–H groups in total. The molecule has 5 nitrogen and oxygen atoms in total. The van der Waals surface area contributed by atoms with Crippen LogP contribution in [0.4, 0.5) is 5.82 Å². The summed E-state index contributed by atoms with van der Waals surface area (Å²) in [6, 6.07) is 1.84. The average Bonchev–Trinajstić information content (AvgIpc) is 2.13. The van der Waals surface area contributed by atoms with Gasteiger partial charge < -0.3 is 5.32 Å². The molecule has 0 bridgehead atoms. The lowest BCUT2D eigenvalue weighted by Crippen LogP contribution is -2.17. The first-order valence-electron chi connectivity index (χ1n) is 5.36. The van der Waals surface area contributed by atoms with E-state index in [0.29, 0.717) is 11.6 Å². The van der Waals surface area contributed by atoms with Crippen LogP contribution in [-0.2, 0) is 21.0 Å². The Balaban J connectivity index is 3.24. The van der Waals surface area contributed by atoms with Crippen LogP contribution >= 0.6 is 0 Å². The minimum Gasteiger partial charge on any atom is -0.373 e. The van der Waals surface area contributed by atoms with E-state index in [1.165, 1.54) is 6.26 Å². The summed E-state index contributed by atoms with van der Waals surface area (Å²) in [4.78, 5) is 8.46. The van der Waals surface area contributed by atoms with Crippen LogP contribution in [0.25, 0.3) is 0 Å². The molecule has 0 saturated heterocycles. The quantitative estimate of drug-likeness (QED) is 0.885. The number of hydrogen-bond donors (Lipinski definition) is 1. The second-order valence-corrected chi connectivity index (χ2v) is 7.26. The van der Waals surface area contributed by atoms with E-state index in [2.05, 4.69) is 15.3 Å². The highest BCUT2D eigenvalue weighted by molar-refractivity contribution is 7.89. The van der Waals surface area contributed by atoms with Gasteiger partial charge in [0.1, 0.15) is 17.4 Å². The van der Waals surface area contributed by atoms with Crippen LogP contribution < -0.4 is 5.32 Å². The van der Waals surface area contributed by atoms with E-state index in [1.54, 1.807) is 7.05 Å². The summed E-state index contributed by atoms with van der Waals surface area (Å²) in [5.74, 6) is 0.846. The molecule has 0 radical (unpaired) electrons. The first kappa shape index (κ1) is 13.9. The van der Waals surface area contributed by atoms with Crippen LogP contribution in [-0.4, -0.2) is 31.7 Å². The topological polar surface area (TPSA) is 72.0 Å². The van der Waals surface area contributed by atoms with E-state index >= 15 is 0 Å². The fourth-order valence-corrected chi connectivity index (χ4v) is 1.91. The molecule has 0 unspecified atom stereocenters. The van der Waals surface area contributed by atoms with Crippen LogP contribution in [0.1, 0.15) is 32.3 Å². The highest BCUT2D eigenvalue weighted by Crippen LogP contribution is 2.22. The van der Waals surface area contributed by atoms with Crippen molar-refractivity contribution in [3.63, 3.8) is 0 Å². The van der Waals surface area contributed by atoms with Crippen molar-refractivity contribution < 1.29 is 8.42 Å². The first-order chi connectivity index (χ1) is 7.62. The molecule has 1 aromatic rings. The maximum absolute atomic E-state index is 11.3. The second-order valence-electron chi connectivity index (χ2n) is 5.12. The third-order valence-electron chi connectivity index (χ3n) is 2.19. The zero-order valence-electron chi connectivity index (χ0n) is 10.9. The predicted molar refractivity (Wildman–Crippen MR) is 68.8 cm³/mol. The second kappa shape index (κ2) is 4.60. The van der Waals surface area contributed by atoms with Gasteiger partial charge >= 0.3 is 0 Å². The van der Waals surface area contributed by atoms with Crippen LogP contribution in [0.15, 0.2) is 6.07 Å². The van der Waals surface area contributed by atoms with Crippen molar-refractivity contribution in [2.75, 3.05) is 18.6 Å². The molecule has 6 heteroatoms. The number of rotatable bonds is 3. The van der Waals surface area contributed by atoms with Crippen LogP contribution in [0.2, 0.25) is 0 Å². The summed E-state index contributed by atoms with van der Waals surface area (Å²) in [7, 11) is -1.37. The summed E-state index contributed by atoms with van der Waals surface area (Å²) in [6.45, 7) is 6.08. The lowest BCUT2D eigenvalue weighted by molar-refractivity contribution is 0.562. The highest BCUT2D eigenvalue weighted by atomic mass is 32.2. The number of hydrogen-bond acceptors (Lipinski definition) is 5. The minimum absolute atomic E-state index is 0.133.